The zero-order valence-corrected chi connectivity index (χ0v) is 14.9. The monoisotopic (exact) mass is 341 g/mol. The number of benzene rings is 1. The summed E-state index contributed by atoms with van der Waals surface area (Å²) in [6, 6.07) is 6.16. The van der Waals surface area contributed by atoms with Gasteiger partial charge in [-0.15, -0.1) is 0 Å². The van der Waals surface area contributed by atoms with Gasteiger partial charge in [-0.05, 0) is 49.8 Å². The van der Waals surface area contributed by atoms with Gasteiger partial charge < -0.3 is 10.3 Å². The summed E-state index contributed by atoms with van der Waals surface area (Å²) in [5.74, 6) is 0.500. The van der Waals surface area contributed by atoms with Crippen LogP contribution < -0.4 is 11.0 Å². The zero-order valence-electron chi connectivity index (χ0n) is 14.9. The highest BCUT2D eigenvalue weighted by molar-refractivity contribution is 5.97. The first-order chi connectivity index (χ1) is 12.1. The van der Waals surface area contributed by atoms with Gasteiger partial charge in [0.05, 0.1) is 11.0 Å². The van der Waals surface area contributed by atoms with Gasteiger partial charge in [0.15, 0.2) is 0 Å². The van der Waals surface area contributed by atoms with E-state index < -0.39 is 0 Å². The molecule has 0 unspecified atom stereocenters. The van der Waals surface area contributed by atoms with Crippen LogP contribution in [-0.2, 0) is 0 Å². The second kappa shape index (κ2) is 6.70. The molecule has 1 aromatic heterocycles. The lowest BCUT2D eigenvalue weighted by atomic mass is 9.86. The van der Waals surface area contributed by atoms with Gasteiger partial charge in [-0.3, -0.25) is 9.36 Å². The van der Waals surface area contributed by atoms with Crippen molar-refractivity contribution in [2.75, 3.05) is 0 Å². The van der Waals surface area contributed by atoms with Crippen molar-refractivity contribution in [2.24, 2.45) is 5.92 Å². The number of imidazole rings is 1. The van der Waals surface area contributed by atoms with Crippen LogP contribution in [-0.4, -0.2) is 21.5 Å². The Morgan fingerprint density at radius 2 is 1.84 bits per heavy atom. The first-order valence-corrected chi connectivity index (χ1v) is 9.68. The first-order valence-electron chi connectivity index (χ1n) is 9.68. The number of aromatic amines is 1. The van der Waals surface area contributed by atoms with E-state index in [1.54, 1.807) is 0 Å². The van der Waals surface area contributed by atoms with Crippen molar-refractivity contribution < 1.29 is 4.79 Å². The molecule has 1 amide bonds. The molecule has 5 nitrogen and oxygen atoms in total. The number of amides is 1. The van der Waals surface area contributed by atoms with Gasteiger partial charge in [-0.1, -0.05) is 32.6 Å². The van der Waals surface area contributed by atoms with Crippen molar-refractivity contribution >= 4 is 16.9 Å². The van der Waals surface area contributed by atoms with Gasteiger partial charge in [0.25, 0.3) is 5.91 Å². The summed E-state index contributed by atoms with van der Waals surface area (Å²) in [4.78, 5) is 28.0. The third-order valence-electron chi connectivity index (χ3n) is 6.10. The highest BCUT2D eigenvalue weighted by Crippen LogP contribution is 2.31. The second-order valence-corrected chi connectivity index (χ2v) is 7.81. The number of carbonyl (C=O) groups excluding carboxylic acids is 1. The molecule has 0 aliphatic heterocycles. The fourth-order valence-corrected chi connectivity index (χ4v) is 4.58. The van der Waals surface area contributed by atoms with Crippen LogP contribution in [0.2, 0.25) is 0 Å². The predicted octanol–water partition coefficient (Wildman–Crippen LogP) is 3.75. The zero-order chi connectivity index (χ0) is 17.4. The molecule has 134 valence electrons. The molecule has 2 atom stereocenters. The molecule has 2 saturated carbocycles. The number of fused-ring (bicyclic) bond motifs is 1. The Bertz CT molecular complexity index is 829. The molecular weight excluding hydrogens is 314 g/mol. The van der Waals surface area contributed by atoms with Crippen LogP contribution in [0.4, 0.5) is 0 Å². The Kier molecular flexibility index (Phi) is 4.40. The van der Waals surface area contributed by atoms with Crippen LogP contribution >= 0.6 is 0 Å². The van der Waals surface area contributed by atoms with Gasteiger partial charge in [0.2, 0.25) is 0 Å². The van der Waals surface area contributed by atoms with E-state index in [0.29, 0.717) is 17.5 Å². The average Bonchev–Trinajstić information content (AvgIpc) is 3.22. The van der Waals surface area contributed by atoms with E-state index >= 15 is 0 Å². The maximum absolute atomic E-state index is 12.6. The Morgan fingerprint density at radius 3 is 2.60 bits per heavy atom. The fourth-order valence-electron chi connectivity index (χ4n) is 4.58. The maximum Gasteiger partial charge on any atom is 0.326 e. The van der Waals surface area contributed by atoms with E-state index in [9.17, 15) is 9.59 Å². The summed E-state index contributed by atoms with van der Waals surface area (Å²) in [6.45, 7) is 2.21. The number of hydrogen-bond acceptors (Lipinski definition) is 2. The summed E-state index contributed by atoms with van der Waals surface area (Å²) in [5, 5.41) is 3.19. The molecule has 4 rings (SSSR count). The van der Waals surface area contributed by atoms with E-state index in [1.165, 1.54) is 32.1 Å². The van der Waals surface area contributed by atoms with Crippen LogP contribution in [0.5, 0.6) is 0 Å². The van der Waals surface area contributed by atoms with Gasteiger partial charge >= 0.3 is 5.69 Å². The largest absolute Gasteiger partial charge is 0.349 e. The fraction of sp³-hybridized carbons (Fsp3) is 0.600. The maximum atomic E-state index is 12.6. The lowest BCUT2D eigenvalue weighted by molar-refractivity contribution is 0.0910. The number of hydrogen-bond donors (Lipinski definition) is 2. The quantitative estimate of drug-likeness (QED) is 0.893. The Hall–Kier alpha value is -2.04. The highest BCUT2D eigenvalue weighted by Gasteiger charge is 2.24. The number of nitrogens with zero attached hydrogens (tertiary/aromatic N) is 1. The third kappa shape index (κ3) is 3.12. The summed E-state index contributed by atoms with van der Waals surface area (Å²) >= 11 is 0. The number of H-pyrrole nitrogens is 1. The topological polar surface area (TPSA) is 66.9 Å². The SMILES string of the molecule is C[C@H]1CCCC[C@@H]1NC(=O)c1ccc2c(c1)[nH]c(=O)n2C1CCCC1. The molecule has 2 fully saturated rings. The molecule has 0 radical (unpaired) electrons. The van der Waals surface area contributed by atoms with Crippen molar-refractivity contribution in [1.82, 2.24) is 14.9 Å². The summed E-state index contributed by atoms with van der Waals surface area (Å²) in [7, 11) is 0. The molecule has 2 aromatic rings. The number of carbonyl (C=O) groups is 1. The van der Waals surface area contributed by atoms with Crippen molar-refractivity contribution in [3.8, 4) is 0 Å². The molecule has 25 heavy (non-hydrogen) atoms. The predicted molar refractivity (Wildman–Crippen MR) is 98.9 cm³/mol. The second-order valence-electron chi connectivity index (χ2n) is 7.81. The van der Waals surface area contributed by atoms with E-state index in [4.69, 9.17) is 0 Å². The molecule has 2 aliphatic carbocycles. The molecule has 0 saturated heterocycles. The molecule has 1 heterocycles. The van der Waals surface area contributed by atoms with Crippen LogP contribution in [0.25, 0.3) is 11.0 Å². The van der Waals surface area contributed by atoms with E-state index in [1.807, 2.05) is 22.8 Å². The van der Waals surface area contributed by atoms with Gasteiger partial charge in [-0.25, -0.2) is 4.79 Å². The summed E-state index contributed by atoms with van der Waals surface area (Å²) in [6.07, 6.45) is 9.18. The Labute approximate surface area is 147 Å². The minimum absolute atomic E-state index is 0.0323. The normalized spacial score (nSPS) is 24.7. The van der Waals surface area contributed by atoms with Crippen LogP contribution in [0.1, 0.15) is 74.7 Å². The first kappa shape index (κ1) is 16.4. The van der Waals surface area contributed by atoms with E-state index in [0.717, 1.165) is 30.3 Å². The van der Waals surface area contributed by atoms with Crippen LogP contribution in [0.3, 0.4) is 0 Å². The lowest BCUT2D eigenvalue weighted by Gasteiger charge is -2.29. The Balaban J connectivity index is 1.58. The van der Waals surface area contributed by atoms with Gasteiger partial charge in [-0.2, -0.15) is 0 Å². The lowest BCUT2D eigenvalue weighted by Crippen LogP contribution is -2.41. The molecule has 2 N–H and O–H groups in total. The highest BCUT2D eigenvalue weighted by atomic mass is 16.2. The minimum Gasteiger partial charge on any atom is -0.349 e. The van der Waals surface area contributed by atoms with E-state index in [-0.39, 0.29) is 17.6 Å². The smallest absolute Gasteiger partial charge is 0.326 e. The number of rotatable bonds is 3. The minimum atomic E-state index is -0.0552. The average molecular weight is 341 g/mol. The van der Waals surface area contributed by atoms with Crippen LogP contribution in [0, 0.1) is 5.92 Å². The van der Waals surface area contributed by atoms with Crippen molar-refractivity contribution in [1.29, 1.82) is 0 Å². The van der Waals surface area contributed by atoms with E-state index in [2.05, 4.69) is 17.2 Å². The van der Waals surface area contributed by atoms with Gasteiger partial charge in [0.1, 0.15) is 0 Å². The molecule has 2 aliphatic rings. The number of aromatic nitrogens is 2. The molecule has 0 spiro atoms. The number of nitrogens with one attached hydrogen (secondary N) is 2. The standard InChI is InChI=1S/C20H27N3O2/c1-13-6-2-5-9-16(13)21-19(24)14-10-11-18-17(12-14)22-20(25)23(18)15-7-3-4-8-15/h10-13,15-16H,2-9H2,1H3,(H,21,24)(H,22,25)/t13-,16-/m0/s1. The summed E-state index contributed by atoms with van der Waals surface area (Å²) < 4.78 is 1.88. The summed E-state index contributed by atoms with van der Waals surface area (Å²) in [5.41, 5.74) is 2.26. The van der Waals surface area contributed by atoms with Gasteiger partial charge in [0, 0.05) is 17.6 Å². The molecular formula is C20H27N3O2. The molecule has 1 aromatic carbocycles. The van der Waals surface area contributed by atoms with Crippen LogP contribution in [0.15, 0.2) is 23.0 Å². The molecule has 0 bridgehead atoms. The third-order valence-corrected chi connectivity index (χ3v) is 6.10. The molecule has 5 heteroatoms. The van der Waals surface area contributed by atoms with Crippen molar-refractivity contribution in [3.63, 3.8) is 0 Å². The van der Waals surface area contributed by atoms with Crippen molar-refractivity contribution in [3.05, 3.63) is 34.2 Å². The Morgan fingerprint density at radius 1 is 1.12 bits per heavy atom. The van der Waals surface area contributed by atoms with Crippen molar-refractivity contribution in [2.45, 2.75) is 70.4 Å².